The van der Waals surface area contributed by atoms with E-state index in [1.54, 1.807) is 24.3 Å². The second-order valence-corrected chi connectivity index (χ2v) is 3.88. The molecule has 1 atom stereocenters. The van der Waals surface area contributed by atoms with Crippen molar-refractivity contribution in [1.82, 2.24) is 0 Å². The Morgan fingerprint density at radius 1 is 1.18 bits per heavy atom. The molecule has 0 radical (unpaired) electrons. The third kappa shape index (κ3) is 3.05. The van der Waals surface area contributed by atoms with Crippen molar-refractivity contribution in [3.63, 3.8) is 0 Å². The first kappa shape index (κ1) is 13.7. The largest absolute Gasteiger partial charge is 0.399 e. The van der Waals surface area contributed by atoms with Gasteiger partial charge in [-0.3, -0.25) is 5.73 Å². The van der Waals surface area contributed by atoms with E-state index in [1.165, 1.54) is 12.2 Å². The molecule has 1 aromatic carbocycles. The lowest BCUT2D eigenvalue weighted by atomic mass is 9.95. The maximum atomic E-state index is 13.6. The zero-order chi connectivity index (χ0) is 11.8. The summed E-state index contributed by atoms with van der Waals surface area (Å²) in [5, 5.41) is 0. The maximum Gasteiger partial charge on any atom is 0.184 e. The summed E-state index contributed by atoms with van der Waals surface area (Å²) in [4.78, 5) is 0. The molecule has 0 saturated heterocycles. The molecule has 0 bridgehead atoms. The molecule has 2 nitrogen and oxygen atoms in total. The van der Waals surface area contributed by atoms with Crippen LogP contribution in [0.25, 0.3) is 5.57 Å². The van der Waals surface area contributed by atoms with Gasteiger partial charge in [-0.25, -0.2) is 8.78 Å². The van der Waals surface area contributed by atoms with Crippen LogP contribution < -0.4 is 11.5 Å². The molecule has 1 unspecified atom stereocenters. The van der Waals surface area contributed by atoms with E-state index in [0.29, 0.717) is 16.8 Å². The summed E-state index contributed by atoms with van der Waals surface area (Å²) in [6.07, 6.45) is 2.11. The fraction of sp³-hybridized carbons (Fsp3) is 0.167. The van der Waals surface area contributed by atoms with Crippen LogP contribution in [0.15, 0.2) is 42.2 Å². The zero-order valence-corrected chi connectivity index (χ0v) is 9.81. The van der Waals surface area contributed by atoms with Gasteiger partial charge in [-0.15, -0.1) is 12.4 Å². The van der Waals surface area contributed by atoms with Gasteiger partial charge in [0.1, 0.15) is 5.83 Å². The molecule has 92 valence electrons. The minimum absolute atomic E-state index is 0. The topological polar surface area (TPSA) is 52.0 Å². The molecule has 1 aliphatic carbocycles. The van der Waals surface area contributed by atoms with Crippen molar-refractivity contribution in [2.24, 2.45) is 5.73 Å². The minimum atomic E-state index is -2.08. The first-order valence-electron chi connectivity index (χ1n) is 4.89. The van der Waals surface area contributed by atoms with Crippen molar-refractivity contribution in [1.29, 1.82) is 0 Å². The molecule has 0 saturated carbocycles. The molecule has 0 aliphatic heterocycles. The Morgan fingerprint density at radius 2 is 1.76 bits per heavy atom. The number of benzene rings is 1. The van der Waals surface area contributed by atoms with Gasteiger partial charge in [0.15, 0.2) is 5.79 Å². The van der Waals surface area contributed by atoms with Crippen LogP contribution in [0.2, 0.25) is 0 Å². The highest BCUT2D eigenvalue weighted by Gasteiger charge is 2.27. The van der Waals surface area contributed by atoms with Crippen LogP contribution in [0, 0.1) is 0 Å². The highest BCUT2D eigenvalue weighted by molar-refractivity contribution is 5.85. The Balaban J connectivity index is 0.00000144. The fourth-order valence-corrected chi connectivity index (χ4v) is 1.62. The number of rotatable bonds is 1. The van der Waals surface area contributed by atoms with E-state index in [4.69, 9.17) is 11.5 Å². The quantitative estimate of drug-likeness (QED) is 0.601. The van der Waals surface area contributed by atoms with Crippen molar-refractivity contribution < 1.29 is 8.78 Å². The predicted octanol–water partition coefficient (Wildman–Crippen LogP) is 2.96. The number of halogens is 3. The number of anilines is 1. The van der Waals surface area contributed by atoms with Gasteiger partial charge in [-0.1, -0.05) is 18.2 Å². The summed E-state index contributed by atoms with van der Waals surface area (Å²) in [6.45, 7) is 0. The van der Waals surface area contributed by atoms with Gasteiger partial charge < -0.3 is 5.73 Å². The second kappa shape index (κ2) is 4.85. The van der Waals surface area contributed by atoms with Crippen molar-refractivity contribution in [3.8, 4) is 0 Å². The standard InChI is InChI=1S/C12H12F2N2.ClH/c13-11-7-12(14,16)6-5-10(11)8-1-3-9(15)4-2-8;/h1-6H,7,15-16H2;1H. The summed E-state index contributed by atoms with van der Waals surface area (Å²) in [6, 6.07) is 6.72. The van der Waals surface area contributed by atoms with E-state index in [0.717, 1.165) is 0 Å². The van der Waals surface area contributed by atoms with E-state index in [-0.39, 0.29) is 12.4 Å². The Morgan fingerprint density at radius 3 is 2.29 bits per heavy atom. The van der Waals surface area contributed by atoms with Crippen molar-refractivity contribution in [2.75, 3.05) is 5.73 Å². The molecule has 5 heteroatoms. The Hall–Kier alpha value is -1.39. The maximum absolute atomic E-state index is 13.6. The first-order valence-corrected chi connectivity index (χ1v) is 4.89. The first-order chi connectivity index (χ1) is 7.48. The number of allylic oxidation sites excluding steroid dienone is 2. The summed E-state index contributed by atoms with van der Waals surface area (Å²) >= 11 is 0. The minimum Gasteiger partial charge on any atom is -0.399 e. The molecule has 17 heavy (non-hydrogen) atoms. The lowest BCUT2D eigenvalue weighted by molar-refractivity contribution is 0.224. The lowest BCUT2D eigenvalue weighted by Crippen LogP contribution is -2.33. The van der Waals surface area contributed by atoms with Crippen LogP contribution in [-0.2, 0) is 0 Å². The Bertz CT molecular complexity index is 464. The molecule has 0 heterocycles. The molecule has 2 rings (SSSR count). The van der Waals surface area contributed by atoms with Crippen LogP contribution in [0.5, 0.6) is 0 Å². The second-order valence-electron chi connectivity index (χ2n) is 3.88. The number of hydrogen-bond acceptors (Lipinski definition) is 2. The summed E-state index contributed by atoms with van der Waals surface area (Å²) < 4.78 is 26.9. The summed E-state index contributed by atoms with van der Waals surface area (Å²) in [7, 11) is 0. The van der Waals surface area contributed by atoms with Crippen LogP contribution >= 0.6 is 12.4 Å². The van der Waals surface area contributed by atoms with E-state index >= 15 is 0 Å². The van der Waals surface area contributed by atoms with E-state index in [2.05, 4.69) is 0 Å². The lowest BCUT2D eigenvalue weighted by Gasteiger charge is -2.20. The van der Waals surface area contributed by atoms with Crippen molar-refractivity contribution in [2.45, 2.75) is 12.2 Å². The normalized spacial score (nSPS) is 23.5. The number of nitrogens with two attached hydrogens (primary N) is 2. The molecule has 1 aromatic rings. The van der Waals surface area contributed by atoms with E-state index < -0.39 is 18.0 Å². The van der Waals surface area contributed by atoms with Crippen molar-refractivity contribution >= 4 is 23.7 Å². The Kier molecular flexibility index (Phi) is 3.91. The van der Waals surface area contributed by atoms with Gasteiger partial charge in [0.2, 0.25) is 0 Å². The fourth-order valence-electron chi connectivity index (χ4n) is 1.62. The van der Waals surface area contributed by atoms with Gasteiger partial charge in [0, 0.05) is 11.3 Å². The number of nitrogen functional groups attached to an aromatic ring is 1. The summed E-state index contributed by atoms with van der Waals surface area (Å²) in [5.74, 6) is -2.63. The predicted molar refractivity (Wildman–Crippen MR) is 67.9 cm³/mol. The average molecular weight is 259 g/mol. The molecule has 0 amide bonds. The average Bonchev–Trinajstić information content (AvgIpc) is 2.19. The monoisotopic (exact) mass is 258 g/mol. The molecule has 4 N–H and O–H groups in total. The number of hydrogen-bond donors (Lipinski definition) is 2. The highest BCUT2D eigenvalue weighted by Crippen LogP contribution is 2.32. The molecule has 0 spiro atoms. The third-order valence-corrected chi connectivity index (χ3v) is 2.47. The molecule has 1 aliphatic rings. The molecular formula is C12H13ClF2N2. The highest BCUT2D eigenvalue weighted by atomic mass is 35.5. The van der Waals surface area contributed by atoms with Crippen LogP contribution in [0.4, 0.5) is 14.5 Å². The molecule has 0 aromatic heterocycles. The van der Waals surface area contributed by atoms with E-state index in [1.807, 2.05) is 0 Å². The SMILES string of the molecule is Cl.Nc1ccc(C2=C(F)CC(N)(F)C=C2)cc1. The van der Waals surface area contributed by atoms with Gasteiger partial charge in [-0.2, -0.15) is 0 Å². The Labute approximate surface area is 104 Å². The van der Waals surface area contributed by atoms with Gasteiger partial charge >= 0.3 is 0 Å². The van der Waals surface area contributed by atoms with Gasteiger partial charge in [-0.05, 0) is 23.8 Å². The van der Waals surface area contributed by atoms with Crippen LogP contribution in [0.3, 0.4) is 0 Å². The molecular weight excluding hydrogens is 246 g/mol. The van der Waals surface area contributed by atoms with Crippen LogP contribution in [0.1, 0.15) is 12.0 Å². The van der Waals surface area contributed by atoms with Gasteiger partial charge in [0.05, 0.1) is 6.42 Å². The third-order valence-electron chi connectivity index (χ3n) is 2.47. The zero-order valence-electron chi connectivity index (χ0n) is 8.99. The van der Waals surface area contributed by atoms with E-state index in [9.17, 15) is 8.78 Å². The van der Waals surface area contributed by atoms with Crippen LogP contribution in [-0.4, -0.2) is 5.79 Å². The summed E-state index contributed by atoms with van der Waals surface area (Å²) in [5.41, 5.74) is 12.3. The number of alkyl halides is 1. The van der Waals surface area contributed by atoms with Gasteiger partial charge in [0.25, 0.3) is 0 Å². The molecule has 0 fully saturated rings. The smallest absolute Gasteiger partial charge is 0.184 e. The van der Waals surface area contributed by atoms with Crippen molar-refractivity contribution in [3.05, 3.63) is 47.8 Å².